The summed E-state index contributed by atoms with van der Waals surface area (Å²) in [6, 6.07) is 6.12. The molecule has 4 rings (SSSR count). The Morgan fingerprint density at radius 1 is 1.07 bits per heavy atom. The van der Waals surface area contributed by atoms with Gasteiger partial charge in [-0.15, -0.1) is 0 Å². The van der Waals surface area contributed by atoms with Gasteiger partial charge in [0.2, 0.25) is 0 Å². The number of amides is 1. The molecule has 7 nitrogen and oxygen atoms in total. The van der Waals surface area contributed by atoms with Crippen LogP contribution in [0.1, 0.15) is 20.8 Å². The molecule has 0 unspecified atom stereocenters. The van der Waals surface area contributed by atoms with Crippen molar-refractivity contribution in [3.63, 3.8) is 0 Å². The Morgan fingerprint density at radius 3 is 2.52 bits per heavy atom. The summed E-state index contributed by atoms with van der Waals surface area (Å²) in [5.74, 6) is 1.24. The third-order valence-electron chi connectivity index (χ3n) is 4.88. The first-order valence-electron chi connectivity index (χ1n) is 9.72. The van der Waals surface area contributed by atoms with Crippen molar-refractivity contribution in [1.82, 2.24) is 19.4 Å². The van der Waals surface area contributed by atoms with Gasteiger partial charge in [0.05, 0.1) is 5.52 Å². The van der Waals surface area contributed by atoms with Crippen LogP contribution in [0.25, 0.3) is 10.9 Å². The van der Waals surface area contributed by atoms with Gasteiger partial charge < -0.3 is 15.1 Å². The number of hydrogen-bond donors (Lipinski definition) is 1. The molecule has 8 heteroatoms. The summed E-state index contributed by atoms with van der Waals surface area (Å²) in [7, 11) is 0. The average Bonchev–Trinajstić information content (AvgIpc) is 3.10. The first kappa shape index (κ1) is 19.2. The zero-order valence-electron chi connectivity index (χ0n) is 16.9. The highest BCUT2D eigenvalue weighted by Gasteiger charge is 2.26. The molecule has 1 aliphatic heterocycles. The quantitative estimate of drug-likeness (QED) is 0.717. The molecule has 29 heavy (non-hydrogen) atoms. The van der Waals surface area contributed by atoms with Gasteiger partial charge in [-0.25, -0.2) is 19.2 Å². The predicted octanol–water partition coefficient (Wildman–Crippen LogP) is 3.57. The summed E-state index contributed by atoms with van der Waals surface area (Å²) in [5, 5.41) is 4.11. The Balaban J connectivity index is 1.48. The highest BCUT2D eigenvalue weighted by molar-refractivity contribution is 5.91. The second-order valence-corrected chi connectivity index (χ2v) is 8.25. The maximum absolute atomic E-state index is 13.4. The molecule has 0 atom stereocenters. The Hall–Kier alpha value is -3.16. The van der Waals surface area contributed by atoms with Crippen molar-refractivity contribution in [3.05, 3.63) is 48.7 Å². The number of carbonyl (C=O) groups is 1. The summed E-state index contributed by atoms with van der Waals surface area (Å²) in [4.78, 5) is 25.9. The van der Waals surface area contributed by atoms with Crippen molar-refractivity contribution in [2.75, 3.05) is 36.4 Å². The molecule has 0 spiro atoms. The molecule has 0 saturated carbocycles. The summed E-state index contributed by atoms with van der Waals surface area (Å²) >= 11 is 0. The second kappa shape index (κ2) is 7.35. The molecule has 0 bridgehead atoms. The van der Waals surface area contributed by atoms with Gasteiger partial charge in [0.15, 0.2) is 11.6 Å². The van der Waals surface area contributed by atoms with Gasteiger partial charge in [0.1, 0.15) is 5.82 Å². The Labute approximate surface area is 169 Å². The highest BCUT2D eigenvalue weighted by Crippen LogP contribution is 2.25. The van der Waals surface area contributed by atoms with Crippen molar-refractivity contribution in [1.29, 1.82) is 0 Å². The van der Waals surface area contributed by atoms with Gasteiger partial charge in [0.25, 0.3) is 0 Å². The minimum absolute atomic E-state index is 0.0987. The maximum Gasteiger partial charge on any atom is 0.328 e. The standard InChI is InChI=1S/C21H25FN6O/c1-21(2,3)25-18-19(24-8-7-23-18)26-10-12-27(13-11-26)20(29)28-9-6-15-14-16(22)4-5-17(15)28/h4-9,14H,10-13H2,1-3H3,(H,23,25). The number of nitrogens with zero attached hydrogens (tertiary/aromatic N) is 5. The third-order valence-corrected chi connectivity index (χ3v) is 4.88. The first-order chi connectivity index (χ1) is 13.8. The first-order valence-corrected chi connectivity index (χ1v) is 9.72. The van der Waals surface area contributed by atoms with Crippen LogP contribution < -0.4 is 10.2 Å². The third kappa shape index (κ3) is 4.01. The van der Waals surface area contributed by atoms with Crippen molar-refractivity contribution in [2.24, 2.45) is 0 Å². The molecule has 1 N–H and O–H groups in total. The Morgan fingerprint density at radius 2 is 1.79 bits per heavy atom. The molecule has 1 aromatic carbocycles. The highest BCUT2D eigenvalue weighted by atomic mass is 19.1. The van der Waals surface area contributed by atoms with Crippen LogP contribution in [0, 0.1) is 5.82 Å². The Kier molecular flexibility index (Phi) is 4.86. The number of anilines is 2. The van der Waals surface area contributed by atoms with Crippen LogP contribution in [0.3, 0.4) is 0 Å². The van der Waals surface area contributed by atoms with E-state index in [0.29, 0.717) is 31.7 Å². The van der Waals surface area contributed by atoms with Gasteiger partial charge in [0, 0.05) is 55.7 Å². The summed E-state index contributed by atoms with van der Waals surface area (Å²) in [6.07, 6.45) is 5.07. The smallest absolute Gasteiger partial charge is 0.328 e. The van der Waals surface area contributed by atoms with Gasteiger partial charge in [-0.05, 0) is 45.0 Å². The van der Waals surface area contributed by atoms with Gasteiger partial charge in [-0.3, -0.25) is 4.57 Å². The molecule has 152 valence electrons. The summed E-state index contributed by atoms with van der Waals surface area (Å²) in [6.45, 7) is 8.71. The van der Waals surface area contributed by atoms with Crippen molar-refractivity contribution in [2.45, 2.75) is 26.3 Å². The van der Waals surface area contributed by atoms with E-state index in [4.69, 9.17) is 0 Å². The molecule has 1 aliphatic rings. The van der Waals surface area contributed by atoms with Crippen LogP contribution in [0.15, 0.2) is 42.9 Å². The van der Waals surface area contributed by atoms with E-state index in [2.05, 4.69) is 41.0 Å². The lowest BCUT2D eigenvalue weighted by atomic mass is 10.1. The molecular formula is C21H25FN6O. The topological polar surface area (TPSA) is 66.3 Å². The molecule has 1 fully saturated rings. The fraction of sp³-hybridized carbons (Fsp3) is 0.381. The van der Waals surface area contributed by atoms with E-state index in [1.165, 1.54) is 12.1 Å². The van der Waals surface area contributed by atoms with Crippen molar-refractivity contribution < 1.29 is 9.18 Å². The molecule has 1 saturated heterocycles. The van der Waals surface area contributed by atoms with E-state index in [-0.39, 0.29) is 17.4 Å². The molecule has 2 aromatic heterocycles. The molecule has 1 amide bonds. The summed E-state index contributed by atoms with van der Waals surface area (Å²) < 4.78 is 15.0. The SMILES string of the molecule is CC(C)(C)Nc1nccnc1N1CCN(C(=O)n2ccc3cc(F)ccc32)CC1. The Bertz CT molecular complexity index is 1030. The van der Waals surface area contributed by atoms with Crippen LogP contribution in [0.5, 0.6) is 0 Å². The van der Waals surface area contributed by atoms with Crippen LogP contribution >= 0.6 is 0 Å². The monoisotopic (exact) mass is 396 g/mol. The van der Waals surface area contributed by atoms with E-state index < -0.39 is 0 Å². The molecular weight excluding hydrogens is 371 g/mol. The predicted molar refractivity (Wildman–Crippen MR) is 112 cm³/mol. The fourth-order valence-corrected chi connectivity index (χ4v) is 3.55. The number of carbonyl (C=O) groups excluding carboxylic acids is 1. The number of rotatable bonds is 2. The molecule has 0 aliphatic carbocycles. The number of aromatic nitrogens is 3. The number of piperazine rings is 1. The normalized spacial score (nSPS) is 15.0. The zero-order chi connectivity index (χ0) is 20.6. The minimum Gasteiger partial charge on any atom is -0.362 e. The lowest BCUT2D eigenvalue weighted by molar-refractivity contribution is 0.197. The second-order valence-electron chi connectivity index (χ2n) is 8.25. The zero-order valence-corrected chi connectivity index (χ0v) is 16.9. The van der Waals surface area contributed by atoms with Gasteiger partial charge in [-0.2, -0.15) is 0 Å². The number of fused-ring (bicyclic) bond motifs is 1. The number of hydrogen-bond acceptors (Lipinski definition) is 5. The maximum atomic E-state index is 13.4. The average molecular weight is 396 g/mol. The van der Waals surface area contributed by atoms with Crippen molar-refractivity contribution >= 4 is 28.6 Å². The number of nitrogens with one attached hydrogen (secondary N) is 1. The minimum atomic E-state index is -0.306. The lowest BCUT2D eigenvalue weighted by Gasteiger charge is -2.36. The lowest BCUT2D eigenvalue weighted by Crippen LogP contribution is -2.50. The van der Waals surface area contributed by atoms with E-state index >= 15 is 0 Å². The van der Waals surface area contributed by atoms with E-state index in [9.17, 15) is 9.18 Å². The largest absolute Gasteiger partial charge is 0.362 e. The van der Waals surface area contributed by atoms with Crippen LogP contribution in [0.2, 0.25) is 0 Å². The van der Waals surface area contributed by atoms with Gasteiger partial charge in [-0.1, -0.05) is 0 Å². The fourth-order valence-electron chi connectivity index (χ4n) is 3.55. The van der Waals surface area contributed by atoms with E-state index in [1.54, 1.807) is 35.3 Å². The van der Waals surface area contributed by atoms with Gasteiger partial charge >= 0.3 is 6.03 Å². The molecule has 0 radical (unpaired) electrons. The number of halogens is 1. The number of benzene rings is 1. The summed E-state index contributed by atoms with van der Waals surface area (Å²) in [5.41, 5.74) is 0.585. The van der Waals surface area contributed by atoms with Crippen LogP contribution in [-0.2, 0) is 0 Å². The van der Waals surface area contributed by atoms with E-state index in [1.807, 2.05) is 4.90 Å². The molecule has 3 heterocycles. The van der Waals surface area contributed by atoms with Crippen LogP contribution in [-0.4, -0.2) is 57.2 Å². The van der Waals surface area contributed by atoms with Crippen molar-refractivity contribution in [3.8, 4) is 0 Å². The van der Waals surface area contributed by atoms with Crippen LogP contribution in [0.4, 0.5) is 20.8 Å². The van der Waals surface area contributed by atoms with E-state index in [0.717, 1.165) is 17.0 Å². The molecule has 3 aromatic rings.